The van der Waals surface area contributed by atoms with E-state index < -0.39 is 0 Å². The summed E-state index contributed by atoms with van der Waals surface area (Å²) < 4.78 is 6.64. The summed E-state index contributed by atoms with van der Waals surface area (Å²) in [6.45, 7) is 4.66. The standard InChI is InChI=1S/C59H40N2O/c1-59(2)52-28-12-10-22-47(52)51-35-39(30-31-53(51)59)44-21-8-9-23-48(44)55-36-54(60-58(61-55)38-17-4-3-5-18-38)42-33-40(45-25-14-19-37-16-6-7-20-43(37)45)32-41(34-42)46-26-15-27-50-49-24-11-13-29-56(49)62-57(46)50/h3-36H,1-2H3. The number of furan rings is 1. The van der Waals surface area contributed by atoms with Crippen molar-refractivity contribution in [3.05, 3.63) is 217 Å². The smallest absolute Gasteiger partial charge is 0.160 e. The molecule has 3 nitrogen and oxygen atoms in total. The summed E-state index contributed by atoms with van der Waals surface area (Å²) in [6.07, 6.45) is 0. The quantitative estimate of drug-likeness (QED) is 0.168. The lowest BCUT2D eigenvalue weighted by molar-refractivity contribution is 0.660. The zero-order chi connectivity index (χ0) is 41.4. The highest BCUT2D eigenvalue weighted by Gasteiger charge is 2.35. The molecule has 2 heterocycles. The van der Waals surface area contributed by atoms with Gasteiger partial charge in [-0.15, -0.1) is 0 Å². The third-order valence-corrected chi connectivity index (χ3v) is 12.9. The molecule has 9 aromatic carbocycles. The van der Waals surface area contributed by atoms with E-state index in [9.17, 15) is 0 Å². The Kier molecular flexibility index (Phi) is 8.20. The second-order valence-corrected chi connectivity index (χ2v) is 16.9. The van der Waals surface area contributed by atoms with Crippen molar-refractivity contribution in [2.24, 2.45) is 0 Å². The number of hydrogen-bond acceptors (Lipinski definition) is 3. The van der Waals surface area contributed by atoms with E-state index in [0.717, 1.165) is 83.4 Å². The molecule has 62 heavy (non-hydrogen) atoms. The van der Waals surface area contributed by atoms with Gasteiger partial charge in [0.1, 0.15) is 11.2 Å². The molecule has 1 aliphatic rings. The van der Waals surface area contributed by atoms with E-state index in [0.29, 0.717) is 5.82 Å². The fourth-order valence-electron chi connectivity index (χ4n) is 9.83. The SMILES string of the molecule is CC1(C)c2ccccc2-c2cc(-c3ccccc3-c3cc(-c4cc(-c5cccc6ccccc56)cc(-c5cccc6c5oc5ccccc56)c4)nc(-c4ccccc4)n3)ccc21. The molecular formula is C59H40N2O. The van der Waals surface area contributed by atoms with E-state index in [4.69, 9.17) is 14.4 Å². The van der Waals surface area contributed by atoms with Crippen molar-refractivity contribution in [2.45, 2.75) is 19.3 Å². The Hall–Kier alpha value is -7.88. The van der Waals surface area contributed by atoms with Gasteiger partial charge >= 0.3 is 0 Å². The first kappa shape index (κ1) is 36.0. The van der Waals surface area contributed by atoms with Gasteiger partial charge in [-0.3, -0.25) is 0 Å². The first-order chi connectivity index (χ1) is 30.5. The van der Waals surface area contributed by atoms with Crippen molar-refractivity contribution in [3.63, 3.8) is 0 Å². The van der Waals surface area contributed by atoms with Gasteiger partial charge in [-0.25, -0.2) is 9.97 Å². The Balaban J connectivity index is 1.09. The van der Waals surface area contributed by atoms with Crippen LogP contribution in [0.25, 0.3) is 111 Å². The van der Waals surface area contributed by atoms with Gasteiger partial charge in [-0.2, -0.15) is 0 Å². The predicted octanol–water partition coefficient (Wildman–Crippen LogP) is 15.8. The molecule has 0 unspecified atom stereocenters. The molecule has 3 heteroatoms. The van der Waals surface area contributed by atoms with Crippen LogP contribution in [-0.2, 0) is 5.41 Å². The van der Waals surface area contributed by atoms with Crippen LogP contribution in [0.3, 0.4) is 0 Å². The highest BCUT2D eigenvalue weighted by atomic mass is 16.3. The average Bonchev–Trinajstić information content (AvgIpc) is 3.83. The second kappa shape index (κ2) is 14.1. The molecule has 12 rings (SSSR count). The topological polar surface area (TPSA) is 38.9 Å². The van der Waals surface area contributed by atoms with E-state index in [1.165, 1.54) is 33.0 Å². The maximum atomic E-state index is 6.64. The van der Waals surface area contributed by atoms with Gasteiger partial charge < -0.3 is 4.42 Å². The van der Waals surface area contributed by atoms with Gasteiger partial charge in [-0.05, 0) is 97.2 Å². The van der Waals surface area contributed by atoms with Crippen LogP contribution in [0.2, 0.25) is 0 Å². The number of nitrogens with zero attached hydrogens (tertiary/aromatic N) is 2. The van der Waals surface area contributed by atoms with Crippen LogP contribution in [0.5, 0.6) is 0 Å². The highest BCUT2D eigenvalue weighted by Crippen LogP contribution is 2.50. The molecule has 0 bridgehead atoms. The van der Waals surface area contributed by atoms with Crippen molar-refractivity contribution in [2.75, 3.05) is 0 Å². The first-order valence-corrected chi connectivity index (χ1v) is 21.3. The minimum Gasteiger partial charge on any atom is -0.455 e. The van der Waals surface area contributed by atoms with Crippen LogP contribution < -0.4 is 0 Å². The molecule has 0 aliphatic heterocycles. The Morgan fingerprint density at radius 2 is 0.952 bits per heavy atom. The fourth-order valence-corrected chi connectivity index (χ4v) is 9.83. The molecule has 0 saturated heterocycles. The Morgan fingerprint density at radius 3 is 1.82 bits per heavy atom. The Morgan fingerprint density at radius 1 is 0.355 bits per heavy atom. The predicted molar refractivity (Wildman–Crippen MR) is 257 cm³/mol. The Bertz CT molecular complexity index is 3550. The number of aromatic nitrogens is 2. The average molecular weight is 793 g/mol. The van der Waals surface area contributed by atoms with E-state index in [1.807, 2.05) is 18.2 Å². The van der Waals surface area contributed by atoms with E-state index in [2.05, 4.69) is 202 Å². The molecule has 11 aromatic rings. The molecule has 0 fully saturated rings. The molecule has 292 valence electrons. The molecule has 0 amide bonds. The Labute approximate surface area is 360 Å². The number of para-hydroxylation sites is 2. The van der Waals surface area contributed by atoms with Crippen LogP contribution in [-0.4, -0.2) is 9.97 Å². The molecule has 1 aliphatic carbocycles. The zero-order valence-electron chi connectivity index (χ0n) is 34.4. The van der Waals surface area contributed by atoms with Gasteiger partial charge in [-0.1, -0.05) is 184 Å². The van der Waals surface area contributed by atoms with Crippen LogP contribution in [0, 0.1) is 0 Å². The molecule has 2 aromatic heterocycles. The van der Waals surface area contributed by atoms with Gasteiger partial charge in [0.25, 0.3) is 0 Å². The second-order valence-electron chi connectivity index (χ2n) is 16.9. The largest absolute Gasteiger partial charge is 0.455 e. The molecule has 0 spiro atoms. The lowest BCUT2D eigenvalue weighted by Gasteiger charge is -2.21. The van der Waals surface area contributed by atoms with Gasteiger partial charge in [0.15, 0.2) is 5.82 Å². The molecule has 0 N–H and O–H groups in total. The third kappa shape index (κ3) is 5.81. The summed E-state index contributed by atoms with van der Waals surface area (Å²) in [5.74, 6) is 0.675. The summed E-state index contributed by atoms with van der Waals surface area (Å²) in [5, 5.41) is 4.60. The van der Waals surface area contributed by atoms with Crippen molar-refractivity contribution in [3.8, 4) is 78.4 Å². The normalized spacial score (nSPS) is 12.8. The summed E-state index contributed by atoms with van der Waals surface area (Å²) in [5.41, 5.74) is 18.4. The minimum atomic E-state index is -0.0640. The van der Waals surface area contributed by atoms with Crippen LogP contribution in [0.4, 0.5) is 0 Å². The maximum Gasteiger partial charge on any atom is 0.160 e. The maximum absolute atomic E-state index is 6.64. The third-order valence-electron chi connectivity index (χ3n) is 12.9. The van der Waals surface area contributed by atoms with E-state index >= 15 is 0 Å². The van der Waals surface area contributed by atoms with Crippen LogP contribution in [0.15, 0.2) is 211 Å². The van der Waals surface area contributed by atoms with Crippen molar-refractivity contribution >= 4 is 32.7 Å². The van der Waals surface area contributed by atoms with Crippen molar-refractivity contribution in [1.29, 1.82) is 0 Å². The zero-order valence-corrected chi connectivity index (χ0v) is 34.4. The lowest BCUT2D eigenvalue weighted by atomic mass is 9.82. The number of hydrogen-bond donors (Lipinski definition) is 0. The molecular weight excluding hydrogens is 753 g/mol. The van der Waals surface area contributed by atoms with Gasteiger partial charge in [0.05, 0.1) is 11.4 Å². The van der Waals surface area contributed by atoms with Crippen LogP contribution in [0.1, 0.15) is 25.0 Å². The fraction of sp³-hybridized carbons (Fsp3) is 0.0508. The summed E-state index contributed by atoms with van der Waals surface area (Å²) in [4.78, 5) is 10.7. The van der Waals surface area contributed by atoms with Crippen molar-refractivity contribution in [1.82, 2.24) is 9.97 Å². The molecule has 0 radical (unpaired) electrons. The summed E-state index contributed by atoms with van der Waals surface area (Å²) in [6, 6.07) is 73.7. The van der Waals surface area contributed by atoms with Crippen LogP contribution >= 0.6 is 0 Å². The molecule has 0 atom stereocenters. The number of rotatable bonds is 6. The van der Waals surface area contributed by atoms with Crippen molar-refractivity contribution < 1.29 is 4.42 Å². The van der Waals surface area contributed by atoms with Gasteiger partial charge in [0, 0.05) is 38.4 Å². The van der Waals surface area contributed by atoms with Gasteiger partial charge in [0.2, 0.25) is 0 Å². The van der Waals surface area contributed by atoms with E-state index in [1.54, 1.807) is 0 Å². The monoisotopic (exact) mass is 792 g/mol. The highest BCUT2D eigenvalue weighted by molar-refractivity contribution is 6.10. The summed E-state index contributed by atoms with van der Waals surface area (Å²) >= 11 is 0. The lowest BCUT2D eigenvalue weighted by Crippen LogP contribution is -2.14. The first-order valence-electron chi connectivity index (χ1n) is 21.3. The number of benzene rings is 9. The minimum absolute atomic E-state index is 0.0640. The summed E-state index contributed by atoms with van der Waals surface area (Å²) in [7, 11) is 0. The molecule has 0 saturated carbocycles. The van der Waals surface area contributed by atoms with E-state index in [-0.39, 0.29) is 5.41 Å². The number of fused-ring (bicyclic) bond motifs is 7.